The second-order valence-corrected chi connectivity index (χ2v) is 5.11. The number of benzene rings is 1. The number of nitrogens with zero attached hydrogens (tertiary/aromatic N) is 1. The minimum absolute atomic E-state index is 0.0646. The van der Waals surface area contributed by atoms with Gasteiger partial charge < -0.3 is 14.8 Å². The molecule has 2 rings (SSSR count). The molecule has 1 aliphatic heterocycles. The number of amides is 1. The van der Waals surface area contributed by atoms with Crippen LogP contribution in [0.25, 0.3) is 0 Å². The number of hydrogen-bond donors (Lipinski definition) is 1. The molecule has 0 spiro atoms. The molecule has 1 amide bonds. The Morgan fingerprint density at radius 2 is 1.95 bits per heavy atom. The zero-order valence-corrected chi connectivity index (χ0v) is 12.4. The summed E-state index contributed by atoms with van der Waals surface area (Å²) in [5.41, 5.74) is 0. The lowest BCUT2D eigenvalue weighted by Gasteiger charge is -2.26. The van der Waals surface area contributed by atoms with Crippen molar-refractivity contribution < 1.29 is 14.3 Å². The van der Waals surface area contributed by atoms with Gasteiger partial charge >= 0.3 is 0 Å². The summed E-state index contributed by atoms with van der Waals surface area (Å²) in [5.74, 6) is 0.658. The number of carbonyl (C=O) groups excluding carboxylic acids is 1. The van der Waals surface area contributed by atoms with Crippen LogP contribution in [0.4, 0.5) is 0 Å². The van der Waals surface area contributed by atoms with Crippen molar-refractivity contribution in [3.05, 3.63) is 30.3 Å². The molecule has 1 fully saturated rings. The molecule has 0 saturated carbocycles. The minimum Gasteiger partial charge on any atom is -0.484 e. The minimum atomic E-state index is -0.0646. The molecule has 1 N–H and O–H groups in total. The van der Waals surface area contributed by atoms with Crippen molar-refractivity contribution >= 4 is 5.91 Å². The molecule has 5 heteroatoms. The molecule has 116 valence electrons. The second kappa shape index (κ2) is 9.37. The van der Waals surface area contributed by atoms with Crippen molar-refractivity contribution in [1.82, 2.24) is 10.2 Å². The first-order chi connectivity index (χ1) is 10.3. The molecule has 5 nitrogen and oxygen atoms in total. The summed E-state index contributed by atoms with van der Waals surface area (Å²) < 4.78 is 10.7. The summed E-state index contributed by atoms with van der Waals surface area (Å²) in [5, 5.41) is 2.88. The lowest BCUT2D eigenvalue weighted by molar-refractivity contribution is -0.123. The van der Waals surface area contributed by atoms with Crippen LogP contribution >= 0.6 is 0 Å². The van der Waals surface area contributed by atoms with Crippen LogP contribution in [-0.4, -0.2) is 56.8 Å². The lowest BCUT2D eigenvalue weighted by atomic mass is 10.2. The Kier molecular flexibility index (Phi) is 7.04. The molecular weight excluding hydrogens is 268 g/mol. The highest BCUT2D eigenvalue weighted by atomic mass is 16.5. The van der Waals surface area contributed by atoms with Crippen LogP contribution in [-0.2, 0) is 9.53 Å². The van der Waals surface area contributed by atoms with Crippen LogP contribution in [0.2, 0.25) is 0 Å². The number of morpholine rings is 1. The normalized spacial score (nSPS) is 15.6. The topological polar surface area (TPSA) is 50.8 Å². The van der Waals surface area contributed by atoms with Gasteiger partial charge in [-0.15, -0.1) is 0 Å². The molecule has 21 heavy (non-hydrogen) atoms. The Morgan fingerprint density at radius 1 is 1.19 bits per heavy atom. The third-order valence-corrected chi connectivity index (χ3v) is 3.44. The lowest BCUT2D eigenvalue weighted by Crippen LogP contribution is -2.37. The van der Waals surface area contributed by atoms with E-state index < -0.39 is 0 Å². The molecule has 0 radical (unpaired) electrons. The highest BCUT2D eigenvalue weighted by Gasteiger charge is 2.09. The van der Waals surface area contributed by atoms with Crippen LogP contribution in [0, 0.1) is 0 Å². The van der Waals surface area contributed by atoms with Crippen molar-refractivity contribution in [1.29, 1.82) is 0 Å². The van der Waals surface area contributed by atoms with E-state index >= 15 is 0 Å². The summed E-state index contributed by atoms with van der Waals surface area (Å²) in [6, 6.07) is 9.38. The first-order valence-electron chi connectivity index (χ1n) is 7.59. The van der Waals surface area contributed by atoms with Gasteiger partial charge in [0.05, 0.1) is 13.2 Å². The first-order valence-corrected chi connectivity index (χ1v) is 7.59. The number of hydrogen-bond acceptors (Lipinski definition) is 4. The Bertz CT molecular complexity index is 405. The predicted molar refractivity (Wildman–Crippen MR) is 81.4 cm³/mol. The number of ether oxygens (including phenoxy) is 2. The van der Waals surface area contributed by atoms with Crippen LogP contribution in [0.1, 0.15) is 12.8 Å². The Morgan fingerprint density at radius 3 is 2.71 bits per heavy atom. The fourth-order valence-corrected chi connectivity index (χ4v) is 2.23. The zero-order valence-electron chi connectivity index (χ0n) is 12.4. The van der Waals surface area contributed by atoms with Gasteiger partial charge in [-0.25, -0.2) is 0 Å². The van der Waals surface area contributed by atoms with Crippen LogP contribution in [0.3, 0.4) is 0 Å². The van der Waals surface area contributed by atoms with E-state index in [1.807, 2.05) is 30.3 Å². The summed E-state index contributed by atoms with van der Waals surface area (Å²) in [6.45, 7) is 5.60. The maximum absolute atomic E-state index is 11.6. The predicted octanol–water partition coefficient (Wildman–Crippen LogP) is 1.29. The summed E-state index contributed by atoms with van der Waals surface area (Å²) in [6.07, 6.45) is 2.09. The van der Waals surface area contributed by atoms with Crippen LogP contribution in [0.5, 0.6) is 5.75 Å². The monoisotopic (exact) mass is 292 g/mol. The number of para-hydroxylation sites is 1. The Balaban J connectivity index is 1.47. The molecule has 0 aromatic heterocycles. The molecule has 1 aromatic carbocycles. The fraction of sp³-hybridized carbons (Fsp3) is 0.562. The molecular formula is C16H24N2O3. The van der Waals surface area contributed by atoms with Crippen molar-refractivity contribution in [3.63, 3.8) is 0 Å². The van der Waals surface area contributed by atoms with Crippen molar-refractivity contribution in [3.8, 4) is 5.75 Å². The molecule has 1 heterocycles. The molecule has 0 bridgehead atoms. The van der Waals surface area contributed by atoms with E-state index in [2.05, 4.69) is 10.2 Å². The largest absolute Gasteiger partial charge is 0.484 e. The summed E-state index contributed by atoms with van der Waals surface area (Å²) in [7, 11) is 0. The van der Waals surface area contributed by atoms with E-state index in [0.29, 0.717) is 6.54 Å². The SMILES string of the molecule is O=C(COc1ccccc1)NCCCCN1CCOCC1. The van der Waals surface area contributed by atoms with E-state index in [1.54, 1.807) is 0 Å². The standard InChI is InChI=1S/C16H24N2O3/c19-16(14-21-15-6-2-1-3-7-15)17-8-4-5-9-18-10-12-20-13-11-18/h1-3,6-7H,4-5,8-14H2,(H,17,19). The molecule has 0 unspecified atom stereocenters. The van der Waals surface area contributed by atoms with Gasteiger partial charge in [-0.3, -0.25) is 9.69 Å². The van der Waals surface area contributed by atoms with Crippen molar-refractivity contribution in [2.45, 2.75) is 12.8 Å². The van der Waals surface area contributed by atoms with E-state index in [0.717, 1.165) is 51.4 Å². The van der Waals surface area contributed by atoms with Gasteiger partial charge in [0.1, 0.15) is 5.75 Å². The van der Waals surface area contributed by atoms with Gasteiger partial charge in [0.15, 0.2) is 6.61 Å². The quantitative estimate of drug-likeness (QED) is 0.734. The molecule has 1 aliphatic rings. The van der Waals surface area contributed by atoms with Gasteiger partial charge in [0.2, 0.25) is 0 Å². The van der Waals surface area contributed by atoms with Gasteiger partial charge in [-0.1, -0.05) is 18.2 Å². The van der Waals surface area contributed by atoms with E-state index in [1.165, 1.54) is 0 Å². The fourth-order valence-electron chi connectivity index (χ4n) is 2.23. The van der Waals surface area contributed by atoms with Gasteiger partial charge in [0, 0.05) is 19.6 Å². The zero-order chi connectivity index (χ0) is 14.8. The Hall–Kier alpha value is -1.59. The molecule has 1 saturated heterocycles. The highest BCUT2D eigenvalue weighted by molar-refractivity contribution is 5.77. The average molecular weight is 292 g/mol. The summed E-state index contributed by atoms with van der Waals surface area (Å²) in [4.78, 5) is 14.0. The van der Waals surface area contributed by atoms with E-state index in [4.69, 9.17) is 9.47 Å². The van der Waals surface area contributed by atoms with Gasteiger partial charge in [-0.2, -0.15) is 0 Å². The van der Waals surface area contributed by atoms with Crippen molar-refractivity contribution in [2.75, 3.05) is 46.0 Å². The Labute approximate surface area is 126 Å². The third kappa shape index (κ3) is 6.60. The molecule has 1 aromatic rings. The van der Waals surface area contributed by atoms with Crippen molar-refractivity contribution in [2.24, 2.45) is 0 Å². The number of carbonyl (C=O) groups is 1. The molecule has 0 aliphatic carbocycles. The summed E-state index contributed by atoms with van der Waals surface area (Å²) >= 11 is 0. The maximum atomic E-state index is 11.6. The average Bonchev–Trinajstić information content (AvgIpc) is 2.54. The second-order valence-electron chi connectivity index (χ2n) is 5.11. The smallest absolute Gasteiger partial charge is 0.257 e. The molecule has 0 atom stereocenters. The maximum Gasteiger partial charge on any atom is 0.257 e. The number of rotatable bonds is 8. The van der Waals surface area contributed by atoms with Crippen LogP contribution < -0.4 is 10.1 Å². The van der Waals surface area contributed by atoms with Crippen LogP contribution in [0.15, 0.2) is 30.3 Å². The van der Waals surface area contributed by atoms with Gasteiger partial charge in [-0.05, 0) is 31.5 Å². The first kappa shape index (κ1) is 15.8. The number of nitrogens with one attached hydrogen (secondary N) is 1. The van der Waals surface area contributed by atoms with E-state index in [-0.39, 0.29) is 12.5 Å². The van der Waals surface area contributed by atoms with E-state index in [9.17, 15) is 4.79 Å². The number of unbranched alkanes of at least 4 members (excludes halogenated alkanes) is 1. The van der Waals surface area contributed by atoms with Gasteiger partial charge in [0.25, 0.3) is 5.91 Å². The third-order valence-electron chi connectivity index (χ3n) is 3.44. The highest BCUT2D eigenvalue weighted by Crippen LogP contribution is 2.07.